The number of carbonyl (C=O) groups excluding carboxylic acids is 1. The minimum absolute atomic E-state index is 0. The van der Waals surface area contributed by atoms with Crippen molar-refractivity contribution < 1.29 is 9.90 Å². The summed E-state index contributed by atoms with van der Waals surface area (Å²) in [5.74, 6) is -0.972. The lowest BCUT2D eigenvalue weighted by Crippen LogP contribution is -2.37. The Morgan fingerprint density at radius 1 is 1.56 bits per heavy atom. The highest BCUT2D eigenvalue weighted by Gasteiger charge is 2.14. The van der Waals surface area contributed by atoms with E-state index >= 15 is 0 Å². The van der Waals surface area contributed by atoms with Crippen LogP contribution in [0.4, 0.5) is 0 Å². The zero-order valence-corrected chi connectivity index (χ0v) is 6.52. The standard InChI is InChI=1S/C6H12O2.CH3/c1-4-6(2,3)5(7)8;/h4H2,1-3H3,(H,7,8);1H3/q;+1/p-1. The lowest BCUT2D eigenvalue weighted by molar-refractivity contribution is -0.317. The summed E-state index contributed by atoms with van der Waals surface area (Å²) in [6.45, 7) is 5.14. The third-order valence-corrected chi connectivity index (χ3v) is 1.44. The van der Waals surface area contributed by atoms with Crippen molar-refractivity contribution in [2.24, 2.45) is 5.41 Å². The molecule has 0 aliphatic heterocycles. The van der Waals surface area contributed by atoms with Gasteiger partial charge in [-0.3, -0.25) is 0 Å². The maximum absolute atomic E-state index is 10.1. The molecule has 2 heteroatoms. The second kappa shape index (κ2) is 3.38. The molecular formula is C7H14O2. The molecule has 54 valence electrons. The minimum Gasteiger partial charge on any atom is -0.550 e. The van der Waals surface area contributed by atoms with Gasteiger partial charge in [-0.1, -0.05) is 20.8 Å². The molecule has 0 N–H and O–H groups in total. The van der Waals surface area contributed by atoms with Crippen molar-refractivity contribution in [3.8, 4) is 0 Å². The van der Waals surface area contributed by atoms with Gasteiger partial charge in [0.15, 0.2) is 0 Å². The van der Waals surface area contributed by atoms with E-state index in [9.17, 15) is 9.90 Å². The van der Waals surface area contributed by atoms with Gasteiger partial charge in [-0.15, -0.1) is 0 Å². The van der Waals surface area contributed by atoms with Crippen LogP contribution in [0.25, 0.3) is 0 Å². The predicted molar refractivity (Wildman–Crippen MR) is 35.5 cm³/mol. The van der Waals surface area contributed by atoms with Crippen molar-refractivity contribution in [3.63, 3.8) is 0 Å². The average molecular weight is 130 g/mol. The molecule has 0 amide bonds. The van der Waals surface area contributed by atoms with Crippen LogP contribution in [0.2, 0.25) is 0 Å². The molecule has 0 saturated heterocycles. The van der Waals surface area contributed by atoms with Crippen molar-refractivity contribution in [3.05, 3.63) is 7.43 Å². The molecule has 0 aromatic carbocycles. The van der Waals surface area contributed by atoms with E-state index in [-0.39, 0.29) is 7.43 Å². The molecule has 9 heavy (non-hydrogen) atoms. The highest BCUT2D eigenvalue weighted by atomic mass is 16.4. The van der Waals surface area contributed by atoms with E-state index in [2.05, 4.69) is 0 Å². The number of rotatable bonds is 2. The monoisotopic (exact) mass is 130 g/mol. The zero-order chi connectivity index (χ0) is 6.78. The van der Waals surface area contributed by atoms with Crippen LogP contribution in [0, 0.1) is 12.8 Å². The lowest BCUT2D eigenvalue weighted by atomic mass is 9.91. The third kappa shape index (κ3) is 3.01. The summed E-state index contributed by atoms with van der Waals surface area (Å²) >= 11 is 0. The van der Waals surface area contributed by atoms with E-state index in [4.69, 9.17) is 0 Å². The van der Waals surface area contributed by atoms with Gasteiger partial charge in [-0.2, -0.15) is 0 Å². The van der Waals surface area contributed by atoms with Crippen LogP contribution >= 0.6 is 0 Å². The molecule has 0 aromatic rings. The quantitative estimate of drug-likeness (QED) is 0.514. The van der Waals surface area contributed by atoms with Crippen molar-refractivity contribution in [1.82, 2.24) is 0 Å². The summed E-state index contributed by atoms with van der Waals surface area (Å²) in [6, 6.07) is 0. The topological polar surface area (TPSA) is 40.1 Å². The molecular weight excluding hydrogens is 116 g/mol. The molecule has 0 unspecified atom stereocenters. The Kier molecular flexibility index (Phi) is 4.20. The Labute approximate surface area is 56.9 Å². The number of hydrogen-bond donors (Lipinski definition) is 0. The lowest BCUT2D eigenvalue weighted by Gasteiger charge is -2.22. The predicted octanol–water partition coefficient (Wildman–Crippen LogP) is 0.623. The van der Waals surface area contributed by atoms with Gasteiger partial charge in [0, 0.05) is 18.8 Å². The minimum atomic E-state index is -0.972. The highest BCUT2D eigenvalue weighted by molar-refractivity contribution is 5.71. The molecule has 0 aliphatic rings. The summed E-state index contributed by atoms with van der Waals surface area (Å²) in [5, 5.41) is 10.1. The van der Waals surface area contributed by atoms with E-state index < -0.39 is 11.4 Å². The Bertz CT molecular complexity index is 95.1. The van der Waals surface area contributed by atoms with Crippen LogP contribution in [-0.4, -0.2) is 5.97 Å². The first-order valence-corrected chi connectivity index (χ1v) is 2.72. The first-order valence-electron chi connectivity index (χ1n) is 2.72. The van der Waals surface area contributed by atoms with E-state index in [0.29, 0.717) is 6.42 Å². The Hall–Kier alpha value is -0.660. The van der Waals surface area contributed by atoms with Crippen molar-refractivity contribution in [2.45, 2.75) is 27.2 Å². The van der Waals surface area contributed by atoms with Crippen LogP contribution in [0.3, 0.4) is 0 Å². The van der Waals surface area contributed by atoms with Gasteiger partial charge >= 0.3 is 0 Å². The van der Waals surface area contributed by atoms with Gasteiger partial charge < -0.3 is 9.90 Å². The van der Waals surface area contributed by atoms with Gasteiger partial charge in [0.2, 0.25) is 0 Å². The SMILES string of the molecule is CCC(C)(C)C(=O)[O-].[CH3+]. The molecule has 0 atom stereocenters. The fourth-order valence-electron chi connectivity index (χ4n) is 0.144. The van der Waals surface area contributed by atoms with E-state index in [0.717, 1.165) is 0 Å². The van der Waals surface area contributed by atoms with Crippen LogP contribution < -0.4 is 5.11 Å². The highest BCUT2D eigenvalue weighted by Crippen LogP contribution is 2.17. The molecule has 0 radical (unpaired) electrons. The largest absolute Gasteiger partial charge is 0.550 e. The number of carboxylic acid groups (broad SMARTS) is 1. The molecule has 0 aliphatic carbocycles. The molecule has 0 spiro atoms. The van der Waals surface area contributed by atoms with Gasteiger partial charge in [0.25, 0.3) is 0 Å². The first-order chi connectivity index (χ1) is 3.50. The summed E-state index contributed by atoms with van der Waals surface area (Å²) in [6.07, 6.45) is 0.620. The van der Waals surface area contributed by atoms with Crippen molar-refractivity contribution in [1.29, 1.82) is 0 Å². The van der Waals surface area contributed by atoms with Gasteiger partial charge in [-0.05, 0) is 6.42 Å². The number of hydrogen-bond acceptors (Lipinski definition) is 2. The molecule has 0 heterocycles. The first kappa shape index (κ1) is 11.2. The summed E-state index contributed by atoms with van der Waals surface area (Å²) in [7, 11) is 0. The van der Waals surface area contributed by atoms with Crippen LogP contribution in [0.5, 0.6) is 0 Å². The van der Waals surface area contributed by atoms with Gasteiger partial charge in [-0.25, -0.2) is 0 Å². The fourth-order valence-corrected chi connectivity index (χ4v) is 0.144. The van der Waals surface area contributed by atoms with Crippen molar-refractivity contribution in [2.75, 3.05) is 0 Å². The zero-order valence-electron chi connectivity index (χ0n) is 6.52. The van der Waals surface area contributed by atoms with Crippen LogP contribution in [-0.2, 0) is 4.79 Å². The van der Waals surface area contributed by atoms with Crippen LogP contribution in [0.1, 0.15) is 27.2 Å². The Morgan fingerprint density at radius 3 is 1.89 bits per heavy atom. The average Bonchev–Trinajstić information content (AvgIpc) is 1.67. The number of aliphatic carboxylic acids is 1. The van der Waals surface area contributed by atoms with E-state index in [1.54, 1.807) is 13.8 Å². The van der Waals surface area contributed by atoms with Crippen LogP contribution in [0.15, 0.2) is 0 Å². The Balaban J connectivity index is 0. The van der Waals surface area contributed by atoms with E-state index in [1.807, 2.05) is 6.92 Å². The third-order valence-electron chi connectivity index (χ3n) is 1.44. The fraction of sp³-hybridized carbons (Fsp3) is 0.714. The molecule has 0 aromatic heterocycles. The van der Waals surface area contributed by atoms with Crippen molar-refractivity contribution >= 4 is 5.97 Å². The second-order valence-electron chi connectivity index (χ2n) is 2.52. The molecule has 0 saturated carbocycles. The normalized spacial score (nSPS) is 10.1. The molecule has 0 rings (SSSR count). The summed E-state index contributed by atoms with van der Waals surface area (Å²) in [5.41, 5.74) is -0.653. The Morgan fingerprint density at radius 2 is 1.89 bits per heavy atom. The van der Waals surface area contributed by atoms with Gasteiger partial charge in [0.05, 0.1) is 0 Å². The molecule has 0 bridgehead atoms. The number of carboxylic acids is 1. The molecule has 0 fully saturated rings. The summed E-state index contributed by atoms with van der Waals surface area (Å²) in [4.78, 5) is 10.1. The maximum atomic E-state index is 10.1. The molecule has 2 nitrogen and oxygen atoms in total. The maximum Gasteiger partial charge on any atom is 0.0470 e. The smallest absolute Gasteiger partial charge is 0.0470 e. The summed E-state index contributed by atoms with van der Waals surface area (Å²) < 4.78 is 0. The van der Waals surface area contributed by atoms with E-state index in [1.165, 1.54) is 0 Å². The number of carbonyl (C=O) groups is 1. The van der Waals surface area contributed by atoms with Gasteiger partial charge in [0.1, 0.15) is 0 Å². The second-order valence-corrected chi connectivity index (χ2v) is 2.52.